The molecule has 128 valence electrons. The van der Waals surface area contributed by atoms with Crippen LogP contribution in [0.4, 0.5) is 5.69 Å². The van der Waals surface area contributed by atoms with Gasteiger partial charge in [0.05, 0.1) is 12.8 Å². The van der Waals surface area contributed by atoms with Crippen LogP contribution in [0.25, 0.3) is 0 Å². The molecule has 1 aromatic rings. The van der Waals surface area contributed by atoms with E-state index in [1.54, 1.807) is 18.2 Å². The number of sulfonamides is 1. The Hall–Kier alpha value is -0.820. The maximum absolute atomic E-state index is 12.2. The molecule has 2 rings (SSSR count). The second-order valence-electron chi connectivity index (χ2n) is 5.81. The predicted octanol–water partition coefficient (Wildman–Crippen LogP) is 3.53. The number of rotatable bonds is 5. The van der Waals surface area contributed by atoms with Crippen LogP contribution in [0.5, 0.6) is 0 Å². The third kappa shape index (κ3) is 5.64. The highest BCUT2D eigenvalue weighted by Crippen LogP contribution is 2.25. The fraction of sp³-hybridized carbons (Fsp3) is 0.533. The van der Waals surface area contributed by atoms with Crippen molar-refractivity contribution in [3.8, 4) is 0 Å². The van der Waals surface area contributed by atoms with Crippen LogP contribution in [-0.2, 0) is 14.8 Å². The molecule has 1 fully saturated rings. The van der Waals surface area contributed by atoms with Crippen molar-refractivity contribution in [2.75, 3.05) is 18.1 Å². The number of anilines is 1. The summed E-state index contributed by atoms with van der Waals surface area (Å²) in [7, 11) is -3.45. The molecule has 5 nitrogen and oxygen atoms in total. The zero-order chi connectivity index (χ0) is 17.0. The smallest absolute Gasteiger partial charge is 0.239 e. The van der Waals surface area contributed by atoms with Gasteiger partial charge in [-0.2, -0.15) is 4.31 Å². The number of amides is 1. The second-order valence-corrected chi connectivity index (χ2v) is 8.61. The van der Waals surface area contributed by atoms with Crippen LogP contribution < -0.4 is 5.32 Å². The number of benzene rings is 1. The van der Waals surface area contributed by atoms with E-state index < -0.39 is 15.9 Å². The Morgan fingerprint density at radius 1 is 1.17 bits per heavy atom. The van der Waals surface area contributed by atoms with Crippen LogP contribution in [0.3, 0.4) is 0 Å². The summed E-state index contributed by atoms with van der Waals surface area (Å²) in [6.45, 7) is -0.201. The SMILES string of the molecule is CS(=O)(=O)N(CC(=O)Nc1cc(Cl)cc(Cl)c1)C1CCCCC1. The second kappa shape index (κ2) is 7.83. The fourth-order valence-electron chi connectivity index (χ4n) is 2.85. The molecule has 1 aliphatic carbocycles. The van der Waals surface area contributed by atoms with Gasteiger partial charge in [0, 0.05) is 21.8 Å². The quantitative estimate of drug-likeness (QED) is 0.851. The monoisotopic (exact) mass is 378 g/mol. The first-order valence-corrected chi connectivity index (χ1v) is 10.1. The zero-order valence-electron chi connectivity index (χ0n) is 12.9. The number of hydrogen-bond donors (Lipinski definition) is 1. The van der Waals surface area contributed by atoms with E-state index in [9.17, 15) is 13.2 Å². The molecule has 0 unspecified atom stereocenters. The van der Waals surface area contributed by atoms with Crippen LogP contribution in [0.15, 0.2) is 18.2 Å². The molecule has 1 N–H and O–H groups in total. The minimum Gasteiger partial charge on any atom is -0.325 e. The molecule has 0 heterocycles. The number of nitrogens with one attached hydrogen (secondary N) is 1. The maximum atomic E-state index is 12.2. The van der Waals surface area contributed by atoms with Crippen LogP contribution in [0.1, 0.15) is 32.1 Å². The Morgan fingerprint density at radius 2 is 1.74 bits per heavy atom. The van der Waals surface area contributed by atoms with E-state index in [1.165, 1.54) is 4.31 Å². The highest BCUT2D eigenvalue weighted by atomic mass is 35.5. The van der Waals surface area contributed by atoms with Crippen molar-refractivity contribution in [3.05, 3.63) is 28.2 Å². The van der Waals surface area contributed by atoms with Crippen molar-refractivity contribution in [2.45, 2.75) is 38.1 Å². The first-order valence-electron chi connectivity index (χ1n) is 7.48. The van der Waals surface area contributed by atoms with Crippen LogP contribution in [0.2, 0.25) is 10.0 Å². The number of halogens is 2. The summed E-state index contributed by atoms with van der Waals surface area (Å²) in [4.78, 5) is 12.2. The summed E-state index contributed by atoms with van der Waals surface area (Å²) in [6.07, 6.45) is 5.82. The summed E-state index contributed by atoms with van der Waals surface area (Å²) >= 11 is 11.8. The lowest BCUT2D eigenvalue weighted by Crippen LogP contribution is -2.45. The molecule has 1 aromatic carbocycles. The molecule has 0 saturated heterocycles. The van der Waals surface area contributed by atoms with E-state index in [0.717, 1.165) is 38.4 Å². The van der Waals surface area contributed by atoms with Crippen molar-refractivity contribution >= 4 is 44.8 Å². The third-order valence-corrected chi connectivity index (χ3v) is 5.57. The summed E-state index contributed by atoms with van der Waals surface area (Å²) < 4.78 is 25.4. The van der Waals surface area contributed by atoms with E-state index >= 15 is 0 Å². The lowest BCUT2D eigenvalue weighted by Gasteiger charge is -2.31. The lowest BCUT2D eigenvalue weighted by molar-refractivity contribution is -0.116. The summed E-state index contributed by atoms with van der Waals surface area (Å²) in [5.41, 5.74) is 0.449. The van der Waals surface area contributed by atoms with E-state index in [0.29, 0.717) is 15.7 Å². The Balaban J connectivity index is 2.08. The predicted molar refractivity (Wildman–Crippen MR) is 93.5 cm³/mol. The van der Waals surface area contributed by atoms with Gasteiger partial charge in [0.2, 0.25) is 15.9 Å². The first kappa shape index (κ1) is 18.5. The topological polar surface area (TPSA) is 66.5 Å². The van der Waals surface area contributed by atoms with Gasteiger partial charge in [0.1, 0.15) is 0 Å². The summed E-state index contributed by atoms with van der Waals surface area (Å²) in [6, 6.07) is 4.59. The average Bonchev–Trinajstić information content (AvgIpc) is 2.43. The van der Waals surface area contributed by atoms with E-state index in [1.807, 2.05) is 0 Å². The van der Waals surface area contributed by atoms with Gasteiger partial charge in [-0.3, -0.25) is 4.79 Å². The van der Waals surface area contributed by atoms with E-state index in [4.69, 9.17) is 23.2 Å². The normalized spacial score (nSPS) is 16.5. The van der Waals surface area contributed by atoms with Gasteiger partial charge in [-0.25, -0.2) is 8.42 Å². The van der Waals surface area contributed by atoms with Gasteiger partial charge >= 0.3 is 0 Å². The summed E-state index contributed by atoms with van der Waals surface area (Å²) in [5.74, 6) is -0.403. The van der Waals surface area contributed by atoms with Crippen molar-refractivity contribution in [1.29, 1.82) is 0 Å². The molecule has 0 atom stereocenters. The Bertz CT molecular complexity index is 653. The van der Waals surface area contributed by atoms with Gasteiger partial charge in [0.25, 0.3) is 0 Å². The highest BCUT2D eigenvalue weighted by Gasteiger charge is 2.29. The molecule has 0 aliphatic heterocycles. The Morgan fingerprint density at radius 3 is 2.26 bits per heavy atom. The molecule has 23 heavy (non-hydrogen) atoms. The Kier molecular flexibility index (Phi) is 6.31. The average molecular weight is 379 g/mol. The minimum absolute atomic E-state index is 0.104. The number of nitrogens with zero attached hydrogens (tertiary/aromatic N) is 1. The van der Waals surface area contributed by atoms with Gasteiger partial charge < -0.3 is 5.32 Å². The van der Waals surface area contributed by atoms with Gasteiger partial charge in [-0.15, -0.1) is 0 Å². The molecule has 0 spiro atoms. The number of hydrogen-bond acceptors (Lipinski definition) is 3. The minimum atomic E-state index is -3.45. The van der Waals surface area contributed by atoms with Crippen molar-refractivity contribution in [3.63, 3.8) is 0 Å². The van der Waals surface area contributed by atoms with Crippen molar-refractivity contribution in [2.24, 2.45) is 0 Å². The van der Waals surface area contributed by atoms with Crippen molar-refractivity contribution in [1.82, 2.24) is 4.31 Å². The standard InChI is InChI=1S/C15H20Cl2N2O3S/c1-23(21,22)19(14-5-3-2-4-6-14)10-15(20)18-13-8-11(16)7-12(17)9-13/h7-9,14H,2-6,10H2,1H3,(H,18,20). The van der Waals surface area contributed by atoms with Gasteiger partial charge in [-0.1, -0.05) is 42.5 Å². The molecule has 0 aromatic heterocycles. The number of carbonyl (C=O) groups is 1. The van der Waals surface area contributed by atoms with Crippen LogP contribution in [0, 0.1) is 0 Å². The van der Waals surface area contributed by atoms with E-state index in [2.05, 4.69) is 5.32 Å². The van der Waals surface area contributed by atoms with E-state index in [-0.39, 0.29) is 12.6 Å². The molecule has 1 amide bonds. The summed E-state index contributed by atoms with van der Waals surface area (Å²) in [5, 5.41) is 3.46. The highest BCUT2D eigenvalue weighted by molar-refractivity contribution is 7.88. The lowest BCUT2D eigenvalue weighted by atomic mass is 9.95. The Labute approximate surface area is 147 Å². The fourth-order valence-corrected chi connectivity index (χ4v) is 4.48. The largest absolute Gasteiger partial charge is 0.325 e. The van der Waals surface area contributed by atoms with Gasteiger partial charge in [0.15, 0.2) is 0 Å². The molecule has 0 bridgehead atoms. The van der Waals surface area contributed by atoms with Crippen LogP contribution in [-0.4, -0.2) is 37.5 Å². The van der Waals surface area contributed by atoms with Crippen molar-refractivity contribution < 1.29 is 13.2 Å². The molecular weight excluding hydrogens is 359 g/mol. The first-order chi connectivity index (χ1) is 10.8. The molecule has 1 saturated carbocycles. The molecule has 0 radical (unpaired) electrons. The van der Waals surface area contributed by atoms with Crippen LogP contribution >= 0.6 is 23.2 Å². The molecule has 8 heteroatoms. The third-order valence-electron chi connectivity index (χ3n) is 3.85. The number of carbonyl (C=O) groups excluding carboxylic acids is 1. The maximum Gasteiger partial charge on any atom is 0.239 e. The van der Waals surface area contributed by atoms with Gasteiger partial charge in [-0.05, 0) is 31.0 Å². The molecule has 1 aliphatic rings. The molecular formula is C15H20Cl2N2O3S. The zero-order valence-corrected chi connectivity index (χ0v) is 15.2.